The summed E-state index contributed by atoms with van der Waals surface area (Å²) in [6.45, 7) is 7.10. The van der Waals surface area contributed by atoms with Crippen LogP contribution in [0.1, 0.15) is 61.1 Å². The summed E-state index contributed by atoms with van der Waals surface area (Å²) in [6, 6.07) is 12.4. The van der Waals surface area contributed by atoms with E-state index >= 15 is 0 Å². The van der Waals surface area contributed by atoms with Gasteiger partial charge in [-0.25, -0.2) is 0 Å². The quantitative estimate of drug-likeness (QED) is 0.601. The topological polar surface area (TPSA) is 54.3 Å². The SMILES string of the molecule is Cc1ccc(CN2C(=O)c3cc4sccc4n3CC2(C)C(=O)NC2CCCCC2C)cc1. The zero-order valence-corrected chi connectivity index (χ0v) is 19.9. The highest BCUT2D eigenvalue weighted by Gasteiger charge is 2.48. The third-order valence-corrected chi connectivity index (χ3v) is 8.28. The average Bonchev–Trinajstić information content (AvgIpc) is 3.36. The molecule has 3 aromatic rings. The van der Waals surface area contributed by atoms with Gasteiger partial charge in [-0.2, -0.15) is 0 Å². The van der Waals surface area contributed by atoms with Gasteiger partial charge in [0.25, 0.3) is 5.91 Å². The minimum absolute atomic E-state index is 0.0422. The number of benzene rings is 1. The molecule has 32 heavy (non-hydrogen) atoms. The number of fused-ring (bicyclic) bond motifs is 3. The van der Waals surface area contributed by atoms with E-state index in [4.69, 9.17) is 0 Å². The van der Waals surface area contributed by atoms with Crippen molar-refractivity contribution < 1.29 is 9.59 Å². The fourth-order valence-electron chi connectivity index (χ4n) is 5.25. The van der Waals surface area contributed by atoms with Crippen molar-refractivity contribution in [2.24, 2.45) is 5.92 Å². The molecule has 6 heteroatoms. The molecule has 3 heterocycles. The molecule has 2 amide bonds. The molecule has 0 bridgehead atoms. The standard InChI is InChI=1S/C26H31N3O2S/c1-17-8-10-19(11-9-17)15-29-24(30)22-14-23-21(12-13-32-23)28(22)16-26(29,3)25(31)27-20-7-5-4-6-18(20)2/h8-14,18,20H,4-7,15-16H2,1-3H3,(H,27,31). The third-order valence-electron chi connectivity index (χ3n) is 7.43. The molecule has 5 rings (SSSR count). The summed E-state index contributed by atoms with van der Waals surface area (Å²) in [5.74, 6) is 0.348. The first-order valence-electron chi connectivity index (χ1n) is 11.6. The smallest absolute Gasteiger partial charge is 0.271 e. The van der Waals surface area contributed by atoms with Gasteiger partial charge in [-0.15, -0.1) is 11.3 Å². The molecular formula is C26H31N3O2S. The Morgan fingerprint density at radius 1 is 1.19 bits per heavy atom. The molecule has 1 aliphatic heterocycles. The molecule has 1 fully saturated rings. The van der Waals surface area contributed by atoms with Crippen LogP contribution >= 0.6 is 11.3 Å². The summed E-state index contributed by atoms with van der Waals surface area (Å²) in [5.41, 5.74) is 2.98. The van der Waals surface area contributed by atoms with Crippen molar-refractivity contribution in [1.29, 1.82) is 0 Å². The summed E-state index contributed by atoms with van der Waals surface area (Å²) in [7, 11) is 0. The summed E-state index contributed by atoms with van der Waals surface area (Å²) in [5, 5.41) is 5.39. The molecule has 0 radical (unpaired) electrons. The first-order chi connectivity index (χ1) is 15.4. The monoisotopic (exact) mass is 449 g/mol. The van der Waals surface area contributed by atoms with Crippen molar-refractivity contribution in [3.8, 4) is 0 Å². The Labute approximate surface area is 193 Å². The van der Waals surface area contributed by atoms with E-state index < -0.39 is 5.54 Å². The highest BCUT2D eigenvalue weighted by molar-refractivity contribution is 7.17. The zero-order chi connectivity index (χ0) is 22.5. The van der Waals surface area contributed by atoms with Crippen molar-refractivity contribution >= 4 is 33.4 Å². The van der Waals surface area contributed by atoms with Crippen molar-refractivity contribution in [3.63, 3.8) is 0 Å². The van der Waals surface area contributed by atoms with E-state index in [2.05, 4.69) is 43.4 Å². The Kier molecular flexibility index (Phi) is 5.36. The highest BCUT2D eigenvalue weighted by atomic mass is 32.1. The number of nitrogens with one attached hydrogen (secondary N) is 1. The van der Waals surface area contributed by atoms with Crippen molar-refractivity contribution in [2.75, 3.05) is 0 Å². The first kappa shape index (κ1) is 21.3. The molecule has 3 atom stereocenters. The van der Waals surface area contributed by atoms with Crippen molar-refractivity contribution in [3.05, 3.63) is 58.6 Å². The van der Waals surface area contributed by atoms with Crippen LogP contribution < -0.4 is 5.32 Å². The van der Waals surface area contributed by atoms with Gasteiger partial charge in [0.2, 0.25) is 5.91 Å². The Morgan fingerprint density at radius 2 is 1.94 bits per heavy atom. The van der Waals surface area contributed by atoms with Crippen LogP contribution in [0, 0.1) is 12.8 Å². The van der Waals surface area contributed by atoms with Gasteiger partial charge in [-0.1, -0.05) is 49.6 Å². The van der Waals surface area contributed by atoms with Crippen LogP contribution in [0.2, 0.25) is 0 Å². The second-order valence-corrected chi connectivity index (χ2v) is 10.7. The van der Waals surface area contributed by atoms with E-state index in [1.165, 1.54) is 12.0 Å². The second kappa shape index (κ2) is 8.07. The lowest BCUT2D eigenvalue weighted by Crippen LogP contribution is -2.65. The molecule has 1 saturated carbocycles. The maximum absolute atomic E-state index is 13.8. The number of hydrogen-bond donors (Lipinski definition) is 1. The first-order valence-corrected chi connectivity index (χ1v) is 12.5. The molecule has 1 aromatic carbocycles. The summed E-state index contributed by atoms with van der Waals surface area (Å²) < 4.78 is 3.14. The maximum atomic E-state index is 13.8. The van der Waals surface area contributed by atoms with E-state index in [1.54, 1.807) is 16.2 Å². The second-order valence-electron chi connectivity index (χ2n) is 9.78. The Balaban J connectivity index is 1.52. The zero-order valence-electron chi connectivity index (χ0n) is 19.1. The van der Waals surface area contributed by atoms with Gasteiger partial charge in [-0.3, -0.25) is 9.59 Å². The van der Waals surface area contributed by atoms with Crippen LogP contribution in [-0.2, 0) is 17.9 Å². The van der Waals surface area contributed by atoms with E-state index in [0.717, 1.165) is 35.0 Å². The lowest BCUT2D eigenvalue weighted by molar-refractivity contribution is -0.134. The highest BCUT2D eigenvalue weighted by Crippen LogP contribution is 2.36. The van der Waals surface area contributed by atoms with Crippen LogP contribution in [-0.4, -0.2) is 32.9 Å². The summed E-state index contributed by atoms with van der Waals surface area (Å²) in [4.78, 5) is 29.4. The fourth-order valence-corrected chi connectivity index (χ4v) is 6.07. The number of carbonyl (C=O) groups excluding carboxylic acids is 2. The van der Waals surface area contributed by atoms with E-state index in [1.807, 2.05) is 29.0 Å². The van der Waals surface area contributed by atoms with Gasteiger partial charge < -0.3 is 14.8 Å². The molecule has 3 unspecified atom stereocenters. The fraction of sp³-hybridized carbons (Fsp3) is 0.462. The normalized spacial score (nSPS) is 25.7. The molecule has 2 aromatic heterocycles. The van der Waals surface area contributed by atoms with Crippen molar-refractivity contribution in [1.82, 2.24) is 14.8 Å². The molecule has 5 nitrogen and oxygen atoms in total. The van der Waals surface area contributed by atoms with Gasteiger partial charge in [0.05, 0.1) is 16.8 Å². The summed E-state index contributed by atoms with van der Waals surface area (Å²) >= 11 is 1.63. The van der Waals surface area contributed by atoms with Crippen LogP contribution in [0.15, 0.2) is 41.8 Å². The Hall–Kier alpha value is -2.60. The molecule has 0 spiro atoms. The molecule has 0 saturated heterocycles. The molecule has 1 N–H and O–H groups in total. The third kappa shape index (κ3) is 3.54. The number of carbonyl (C=O) groups is 2. The van der Waals surface area contributed by atoms with Crippen LogP contribution in [0.3, 0.4) is 0 Å². The number of aryl methyl sites for hydroxylation is 1. The number of aromatic nitrogens is 1. The van der Waals surface area contributed by atoms with E-state index in [-0.39, 0.29) is 17.9 Å². The molecule has 2 aliphatic rings. The molecule has 1 aliphatic carbocycles. The van der Waals surface area contributed by atoms with Gasteiger partial charge in [-0.05, 0) is 55.7 Å². The molecule has 168 valence electrons. The van der Waals surface area contributed by atoms with Gasteiger partial charge in [0.15, 0.2) is 0 Å². The number of rotatable bonds is 4. The van der Waals surface area contributed by atoms with Crippen LogP contribution in [0.4, 0.5) is 0 Å². The van der Waals surface area contributed by atoms with Gasteiger partial charge in [0, 0.05) is 12.6 Å². The Bertz CT molecular complexity index is 1160. The summed E-state index contributed by atoms with van der Waals surface area (Å²) in [6.07, 6.45) is 4.53. The minimum Gasteiger partial charge on any atom is -0.351 e. The number of amides is 2. The lowest BCUT2D eigenvalue weighted by atomic mass is 9.85. The predicted molar refractivity (Wildman–Crippen MR) is 129 cm³/mol. The van der Waals surface area contributed by atoms with E-state index in [9.17, 15) is 9.59 Å². The largest absolute Gasteiger partial charge is 0.351 e. The van der Waals surface area contributed by atoms with Crippen LogP contribution in [0.25, 0.3) is 10.2 Å². The number of hydrogen-bond acceptors (Lipinski definition) is 3. The molecular weight excluding hydrogens is 418 g/mol. The number of nitrogens with zero attached hydrogens (tertiary/aromatic N) is 2. The van der Waals surface area contributed by atoms with E-state index in [0.29, 0.717) is 24.7 Å². The predicted octanol–water partition coefficient (Wildman–Crippen LogP) is 5.12. The van der Waals surface area contributed by atoms with Crippen LogP contribution in [0.5, 0.6) is 0 Å². The Morgan fingerprint density at radius 3 is 2.69 bits per heavy atom. The van der Waals surface area contributed by atoms with Gasteiger partial charge in [0.1, 0.15) is 11.2 Å². The maximum Gasteiger partial charge on any atom is 0.271 e. The lowest BCUT2D eigenvalue weighted by Gasteiger charge is -2.45. The average molecular weight is 450 g/mol. The van der Waals surface area contributed by atoms with Crippen molar-refractivity contribution in [2.45, 2.75) is 71.1 Å². The van der Waals surface area contributed by atoms with Gasteiger partial charge >= 0.3 is 0 Å². The number of thiophene rings is 1. The minimum atomic E-state index is -0.958.